The topological polar surface area (TPSA) is 26.3 Å². The normalized spacial score (nSPS) is 12.9. The van der Waals surface area contributed by atoms with Gasteiger partial charge >= 0.3 is 0 Å². The zero-order valence-corrected chi connectivity index (χ0v) is 10.2. The van der Waals surface area contributed by atoms with Gasteiger partial charge in [-0.25, -0.2) is 4.21 Å². The van der Waals surface area contributed by atoms with Crippen molar-refractivity contribution in [2.75, 3.05) is 7.11 Å². The Morgan fingerprint density at radius 2 is 1.94 bits per heavy atom. The lowest BCUT2D eigenvalue weighted by Gasteiger charge is -2.09. The van der Waals surface area contributed by atoms with E-state index in [-0.39, 0.29) is 0 Å². The number of hydrogen-bond donors (Lipinski definition) is 0. The molecular formula is C13H14O2S. The molecule has 0 N–H and O–H groups in total. The van der Waals surface area contributed by atoms with Crippen molar-refractivity contribution >= 4 is 21.9 Å². The second kappa shape index (κ2) is 4.76. The summed E-state index contributed by atoms with van der Waals surface area (Å²) in [4.78, 5) is 0. The SMILES string of the molecule is COS(=O)Cc1c(C)ccc2ccccc12. The zero-order chi connectivity index (χ0) is 11.5. The molecule has 0 aliphatic carbocycles. The molecule has 3 heteroatoms. The summed E-state index contributed by atoms with van der Waals surface area (Å²) in [6, 6.07) is 12.3. The van der Waals surface area contributed by atoms with Crippen LogP contribution in [0.25, 0.3) is 10.8 Å². The third-order valence-electron chi connectivity index (χ3n) is 2.72. The van der Waals surface area contributed by atoms with Gasteiger partial charge in [0, 0.05) is 0 Å². The van der Waals surface area contributed by atoms with Crippen molar-refractivity contribution in [2.24, 2.45) is 0 Å². The van der Waals surface area contributed by atoms with Crippen LogP contribution in [-0.2, 0) is 21.0 Å². The van der Waals surface area contributed by atoms with Gasteiger partial charge in [-0.3, -0.25) is 4.18 Å². The van der Waals surface area contributed by atoms with E-state index < -0.39 is 11.1 Å². The zero-order valence-electron chi connectivity index (χ0n) is 9.40. The monoisotopic (exact) mass is 234 g/mol. The van der Waals surface area contributed by atoms with Gasteiger partial charge in [-0.05, 0) is 28.8 Å². The molecule has 0 bridgehead atoms. The number of aryl methyl sites for hydroxylation is 1. The van der Waals surface area contributed by atoms with Crippen molar-refractivity contribution in [3.05, 3.63) is 47.5 Å². The van der Waals surface area contributed by atoms with E-state index in [1.165, 1.54) is 12.5 Å². The molecule has 0 saturated heterocycles. The van der Waals surface area contributed by atoms with Crippen molar-refractivity contribution < 1.29 is 8.39 Å². The largest absolute Gasteiger partial charge is 0.294 e. The quantitative estimate of drug-likeness (QED) is 0.816. The molecule has 1 unspecified atom stereocenters. The van der Waals surface area contributed by atoms with Gasteiger partial charge in [0.25, 0.3) is 0 Å². The average Bonchev–Trinajstić information content (AvgIpc) is 2.32. The van der Waals surface area contributed by atoms with Gasteiger partial charge in [0.05, 0.1) is 12.9 Å². The van der Waals surface area contributed by atoms with Crippen molar-refractivity contribution in [1.82, 2.24) is 0 Å². The van der Waals surface area contributed by atoms with Crippen LogP contribution in [-0.4, -0.2) is 11.3 Å². The van der Waals surface area contributed by atoms with Crippen LogP contribution in [0.4, 0.5) is 0 Å². The first kappa shape index (κ1) is 11.3. The molecule has 0 fully saturated rings. The van der Waals surface area contributed by atoms with Crippen LogP contribution in [0.1, 0.15) is 11.1 Å². The first-order chi connectivity index (χ1) is 7.72. The second-order valence-electron chi connectivity index (χ2n) is 3.70. The maximum absolute atomic E-state index is 11.5. The molecule has 2 nitrogen and oxygen atoms in total. The fourth-order valence-corrected chi connectivity index (χ4v) is 2.55. The molecule has 0 amide bonds. The molecule has 0 radical (unpaired) electrons. The maximum Gasteiger partial charge on any atom is 0.159 e. The third kappa shape index (κ3) is 2.15. The maximum atomic E-state index is 11.5. The van der Waals surface area contributed by atoms with E-state index in [4.69, 9.17) is 4.18 Å². The molecule has 0 aromatic heterocycles. The van der Waals surface area contributed by atoms with Gasteiger partial charge in [0.15, 0.2) is 11.1 Å². The molecule has 1 atom stereocenters. The summed E-state index contributed by atoms with van der Waals surface area (Å²) < 4.78 is 16.3. The Morgan fingerprint density at radius 3 is 2.69 bits per heavy atom. The minimum atomic E-state index is -1.24. The number of benzene rings is 2. The summed E-state index contributed by atoms with van der Waals surface area (Å²) in [6.45, 7) is 2.04. The number of rotatable bonds is 3. The minimum absolute atomic E-state index is 0.448. The van der Waals surface area contributed by atoms with E-state index in [1.54, 1.807) is 0 Å². The van der Waals surface area contributed by atoms with E-state index in [0.717, 1.165) is 16.5 Å². The minimum Gasteiger partial charge on any atom is -0.294 e. The van der Waals surface area contributed by atoms with Gasteiger partial charge in [-0.2, -0.15) is 0 Å². The molecule has 2 aromatic rings. The van der Waals surface area contributed by atoms with Crippen LogP contribution >= 0.6 is 0 Å². The first-order valence-corrected chi connectivity index (χ1v) is 6.37. The molecule has 0 aliphatic rings. The molecule has 0 aliphatic heterocycles. The van der Waals surface area contributed by atoms with Crippen LogP contribution in [0.3, 0.4) is 0 Å². The molecule has 0 spiro atoms. The highest BCUT2D eigenvalue weighted by atomic mass is 32.2. The Kier molecular flexibility index (Phi) is 3.36. The predicted octanol–water partition coefficient (Wildman–Crippen LogP) is 2.96. The van der Waals surface area contributed by atoms with Gasteiger partial charge in [-0.15, -0.1) is 0 Å². The standard InChI is InChI=1S/C13H14O2S/c1-10-7-8-11-5-3-4-6-12(11)13(10)9-16(14)15-2/h3-8H,9H2,1-2H3. The Labute approximate surface area is 97.9 Å². The lowest BCUT2D eigenvalue weighted by molar-refractivity contribution is 0.445. The van der Waals surface area contributed by atoms with Crippen LogP contribution < -0.4 is 0 Å². The summed E-state index contributed by atoms with van der Waals surface area (Å²) >= 11 is -1.24. The van der Waals surface area contributed by atoms with E-state index >= 15 is 0 Å². The smallest absolute Gasteiger partial charge is 0.159 e. The molecule has 16 heavy (non-hydrogen) atoms. The van der Waals surface area contributed by atoms with E-state index in [2.05, 4.69) is 24.3 Å². The summed E-state index contributed by atoms with van der Waals surface area (Å²) in [5, 5.41) is 2.34. The molecular weight excluding hydrogens is 220 g/mol. The van der Waals surface area contributed by atoms with Gasteiger partial charge in [0.2, 0.25) is 0 Å². The van der Waals surface area contributed by atoms with Crippen molar-refractivity contribution in [2.45, 2.75) is 12.7 Å². The van der Waals surface area contributed by atoms with Crippen LogP contribution in [0.5, 0.6) is 0 Å². The highest BCUT2D eigenvalue weighted by Gasteiger charge is 2.08. The van der Waals surface area contributed by atoms with Crippen LogP contribution in [0.2, 0.25) is 0 Å². The number of hydrogen-bond acceptors (Lipinski definition) is 2. The summed E-state index contributed by atoms with van der Waals surface area (Å²) in [6.07, 6.45) is 0. The summed E-state index contributed by atoms with van der Waals surface area (Å²) in [5.74, 6) is 0.448. The Hall–Kier alpha value is -1.19. The molecule has 2 aromatic carbocycles. The van der Waals surface area contributed by atoms with Gasteiger partial charge < -0.3 is 0 Å². The third-order valence-corrected chi connectivity index (χ3v) is 3.62. The second-order valence-corrected chi connectivity index (χ2v) is 4.93. The molecule has 2 rings (SSSR count). The van der Waals surface area contributed by atoms with Crippen molar-refractivity contribution in [3.63, 3.8) is 0 Å². The molecule has 84 valence electrons. The first-order valence-electron chi connectivity index (χ1n) is 5.12. The Bertz CT molecular complexity index is 534. The highest BCUT2D eigenvalue weighted by molar-refractivity contribution is 7.79. The fraction of sp³-hybridized carbons (Fsp3) is 0.231. The summed E-state index contributed by atoms with van der Waals surface area (Å²) in [5.41, 5.74) is 2.27. The van der Waals surface area contributed by atoms with Gasteiger partial charge in [0.1, 0.15) is 0 Å². The van der Waals surface area contributed by atoms with Crippen LogP contribution in [0.15, 0.2) is 36.4 Å². The van der Waals surface area contributed by atoms with Crippen LogP contribution in [0, 0.1) is 6.92 Å². The van der Waals surface area contributed by atoms with Gasteiger partial charge in [-0.1, -0.05) is 36.4 Å². The lowest BCUT2D eigenvalue weighted by Crippen LogP contribution is -2.00. The van der Waals surface area contributed by atoms with Crippen molar-refractivity contribution in [3.8, 4) is 0 Å². The fourth-order valence-electron chi connectivity index (χ4n) is 1.81. The number of fused-ring (bicyclic) bond motifs is 1. The summed E-state index contributed by atoms with van der Waals surface area (Å²) in [7, 11) is 1.47. The average molecular weight is 234 g/mol. The van der Waals surface area contributed by atoms with E-state index in [0.29, 0.717) is 5.75 Å². The molecule has 0 saturated carbocycles. The highest BCUT2D eigenvalue weighted by Crippen LogP contribution is 2.23. The predicted molar refractivity (Wildman–Crippen MR) is 67.5 cm³/mol. The molecule has 0 heterocycles. The lowest BCUT2D eigenvalue weighted by atomic mass is 10.0. The van der Waals surface area contributed by atoms with Crippen molar-refractivity contribution in [1.29, 1.82) is 0 Å². The van der Waals surface area contributed by atoms with E-state index in [9.17, 15) is 4.21 Å². The van der Waals surface area contributed by atoms with E-state index in [1.807, 2.05) is 19.1 Å². The Morgan fingerprint density at radius 1 is 1.19 bits per heavy atom. The Balaban J connectivity index is 2.57.